The van der Waals surface area contributed by atoms with Crippen molar-refractivity contribution in [1.29, 1.82) is 0 Å². The van der Waals surface area contributed by atoms with Crippen LogP contribution in [-0.4, -0.2) is 50.2 Å². The Hall–Kier alpha value is -0.610. The molecule has 1 N–H and O–H groups in total. The number of nitrogens with zero attached hydrogens (tertiary/aromatic N) is 1. The first-order valence-electron chi connectivity index (χ1n) is 5.77. The number of nitrogens with one attached hydrogen (secondary N) is 1. The van der Waals surface area contributed by atoms with Crippen LogP contribution in [0, 0.1) is 5.92 Å². The van der Waals surface area contributed by atoms with Crippen molar-refractivity contribution < 1.29 is 9.53 Å². The predicted octanol–water partition coefficient (Wildman–Crippen LogP) is 0.481. The summed E-state index contributed by atoms with van der Waals surface area (Å²) in [7, 11) is 0. The van der Waals surface area contributed by atoms with Crippen molar-refractivity contribution in [2.24, 2.45) is 5.92 Å². The van der Waals surface area contributed by atoms with Crippen molar-refractivity contribution in [3.8, 4) is 0 Å². The molecular weight excluding hydrogens is 192 g/mol. The van der Waals surface area contributed by atoms with Gasteiger partial charge in [0.1, 0.15) is 0 Å². The fourth-order valence-corrected chi connectivity index (χ4v) is 1.52. The second-order valence-corrected chi connectivity index (χ2v) is 4.42. The Morgan fingerprint density at radius 2 is 2.07 bits per heavy atom. The summed E-state index contributed by atoms with van der Waals surface area (Å²) in [6.45, 7) is 9.60. The van der Waals surface area contributed by atoms with E-state index < -0.39 is 0 Å². The molecule has 0 saturated carbocycles. The van der Waals surface area contributed by atoms with E-state index in [9.17, 15) is 4.79 Å². The number of carbonyl (C=O) groups is 1. The SMILES string of the molecule is CC(C)COC(=O)CCN1CCNCC1. The summed E-state index contributed by atoms with van der Waals surface area (Å²) in [5.41, 5.74) is 0. The van der Waals surface area contributed by atoms with Crippen molar-refractivity contribution in [3.63, 3.8) is 0 Å². The molecule has 1 heterocycles. The minimum Gasteiger partial charge on any atom is -0.465 e. The lowest BCUT2D eigenvalue weighted by atomic mass is 10.2. The number of hydrogen-bond acceptors (Lipinski definition) is 4. The molecule has 0 aromatic rings. The molecule has 0 bridgehead atoms. The molecule has 0 unspecified atom stereocenters. The maximum Gasteiger partial charge on any atom is 0.307 e. The molecule has 0 aromatic heterocycles. The van der Waals surface area contributed by atoms with E-state index in [4.69, 9.17) is 4.74 Å². The van der Waals surface area contributed by atoms with E-state index >= 15 is 0 Å². The van der Waals surface area contributed by atoms with Gasteiger partial charge in [0.25, 0.3) is 0 Å². The summed E-state index contributed by atoms with van der Waals surface area (Å²) in [6, 6.07) is 0. The van der Waals surface area contributed by atoms with Crippen LogP contribution in [0.4, 0.5) is 0 Å². The maximum absolute atomic E-state index is 11.3. The molecule has 1 aliphatic rings. The smallest absolute Gasteiger partial charge is 0.307 e. The Morgan fingerprint density at radius 1 is 1.40 bits per heavy atom. The van der Waals surface area contributed by atoms with Crippen LogP contribution >= 0.6 is 0 Å². The van der Waals surface area contributed by atoms with E-state index in [2.05, 4.69) is 10.2 Å². The van der Waals surface area contributed by atoms with E-state index in [-0.39, 0.29) is 5.97 Å². The van der Waals surface area contributed by atoms with Crippen LogP contribution in [0.3, 0.4) is 0 Å². The lowest BCUT2D eigenvalue weighted by Gasteiger charge is -2.26. The van der Waals surface area contributed by atoms with Crippen LogP contribution in [0.15, 0.2) is 0 Å². The monoisotopic (exact) mass is 214 g/mol. The van der Waals surface area contributed by atoms with Gasteiger partial charge >= 0.3 is 5.97 Å². The topological polar surface area (TPSA) is 41.6 Å². The van der Waals surface area contributed by atoms with Crippen molar-refractivity contribution in [2.75, 3.05) is 39.3 Å². The molecule has 0 aromatic carbocycles. The van der Waals surface area contributed by atoms with Gasteiger partial charge in [0.15, 0.2) is 0 Å². The highest BCUT2D eigenvalue weighted by Crippen LogP contribution is 1.98. The third-order valence-corrected chi connectivity index (χ3v) is 2.42. The van der Waals surface area contributed by atoms with Crippen LogP contribution in [0.1, 0.15) is 20.3 Å². The summed E-state index contributed by atoms with van der Waals surface area (Å²) in [5.74, 6) is 0.357. The number of esters is 1. The van der Waals surface area contributed by atoms with Gasteiger partial charge in [0, 0.05) is 32.7 Å². The van der Waals surface area contributed by atoms with Crippen LogP contribution in [-0.2, 0) is 9.53 Å². The highest BCUT2D eigenvalue weighted by Gasteiger charge is 2.11. The Kier molecular flexibility index (Phi) is 5.65. The number of rotatable bonds is 5. The minimum absolute atomic E-state index is 0.0674. The largest absolute Gasteiger partial charge is 0.465 e. The Balaban J connectivity index is 2.05. The van der Waals surface area contributed by atoms with E-state index in [1.54, 1.807) is 0 Å². The highest BCUT2D eigenvalue weighted by molar-refractivity contribution is 5.69. The zero-order chi connectivity index (χ0) is 11.1. The number of hydrogen-bond donors (Lipinski definition) is 1. The van der Waals surface area contributed by atoms with Gasteiger partial charge in [0.05, 0.1) is 13.0 Å². The van der Waals surface area contributed by atoms with Gasteiger partial charge in [-0.1, -0.05) is 13.8 Å². The number of carbonyl (C=O) groups excluding carboxylic acids is 1. The zero-order valence-corrected chi connectivity index (χ0v) is 9.79. The molecule has 0 aliphatic carbocycles. The molecule has 0 radical (unpaired) electrons. The molecule has 15 heavy (non-hydrogen) atoms. The standard InChI is InChI=1S/C11H22N2O2/c1-10(2)9-15-11(14)3-6-13-7-4-12-5-8-13/h10,12H,3-9H2,1-2H3. The van der Waals surface area contributed by atoms with Gasteiger partial charge < -0.3 is 15.0 Å². The van der Waals surface area contributed by atoms with Gasteiger partial charge in [-0.15, -0.1) is 0 Å². The molecule has 88 valence electrons. The molecule has 1 aliphatic heterocycles. The highest BCUT2D eigenvalue weighted by atomic mass is 16.5. The van der Waals surface area contributed by atoms with Gasteiger partial charge in [0.2, 0.25) is 0 Å². The molecule has 1 rings (SSSR count). The first-order chi connectivity index (χ1) is 7.18. The van der Waals surface area contributed by atoms with Gasteiger partial charge in [-0.2, -0.15) is 0 Å². The molecule has 4 nitrogen and oxygen atoms in total. The fourth-order valence-electron chi connectivity index (χ4n) is 1.52. The molecule has 0 amide bonds. The van der Waals surface area contributed by atoms with Crippen LogP contribution < -0.4 is 5.32 Å². The van der Waals surface area contributed by atoms with E-state index in [0.717, 1.165) is 32.7 Å². The van der Waals surface area contributed by atoms with Crippen molar-refractivity contribution >= 4 is 5.97 Å². The van der Waals surface area contributed by atoms with Gasteiger partial charge in [-0.3, -0.25) is 4.79 Å². The van der Waals surface area contributed by atoms with Crippen LogP contribution in [0.2, 0.25) is 0 Å². The zero-order valence-electron chi connectivity index (χ0n) is 9.79. The molecule has 0 spiro atoms. The average Bonchev–Trinajstić information content (AvgIpc) is 2.25. The Bertz CT molecular complexity index is 189. The number of piperazine rings is 1. The minimum atomic E-state index is -0.0674. The Labute approximate surface area is 92.0 Å². The second kappa shape index (κ2) is 6.80. The first-order valence-corrected chi connectivity index (χ1v) is 5.77. The molecule has 1 fully saturated rings. The second-order valence-electron chi connectivity index (χ2n) is 4.42. The van der Waals surface area contributed by atoms with E-state index in [1.807, 2.05) is 13.8 Å². The summed E-state index contributed by atoms with van der Waals surface area (Å²) in [5, 5.41) is 3.28. The molecule has 1 saturated heterocycles. The van der Waals surface area contributed by atoms with Crippen molar-refractivity contribution in [3.05, 3.63) is 0 Å². The maximum atomic E-state index is 11.3. The third-order valence-electron chi connectivity index (χ3n) is 2.42. The quantitative estimate of drug-likeness (QED) is 0.676. The number of ether oxygens (including phenoxy) is 1. The van der Waals surface area contributed by atoms with Gasteiger partial charge in [-0.25, -0.2) is 0 Å². The lowest BCUT2D eigenvalue weighted by Crippen LogP contribution is -2.44. The average molecular weight is 214 g/mol. The summed E-state index contributed by atoms with van der Waals surface area (Å²) in [6.07, 6.45) is 0.521. The van der Waals surface area contributed by atoms with E-state index in [1.165, 1.54) is 0 Å². The fraction of sp³-hybridized carbons (Fsp3) is 0.909. The van der Waals surface area contributed by atoms with Crippen molar-refractivity contribution in [1.82, 2.24) is 10.2 Å². The summed E-state index contributed by atoms with van der Waals surface area (Å²) >= 11 is 0. The van der Waals surface area contributed by atoms with Gasteiger partial charge in [-0.05, 0) is 5.92 Å². The summed E-state index contributed by atoms with van der Waals surface area (Å²) < 4.78 is 5.11. The molecule has 0 atom stereocenters. The van der Waals surface area contributed by atoms with Crippen molar-refractivity contribution in [2.45, 2.75) is 20.3 Å². The molecule has 4 heteroatoms. The summed E-state index contributed by atoms with van der Waals surface area (Å²) in [4.78, 5) is 13.6. The van der Waals surface area contributed by atoms with E-state index in [0.29, 0.717) is 18.9 Å². The first kappa shape index (κ1) is 12.5. The molecular formula is C11H22N2O2. The van der Waals surface area contributed by atoms with Crippen LogP contribution in [0.5, 0.6) is 0 Å². The third kappa shape index (κ3) is 5.74. The normalized spacial score (nSPS) is 18.1. The lowest BCUT2D eigenvalue weighted by molar-refractivity contribution is -0.145. The predicted molar refractivity (Wildman–Crippen MR) is 59.7 cm³/mol. The Morgan fingerprint density at radius 3 is 2.67 bits per heavy atom. The van der Waals surface area contributed by atoms with Crippen LogP contribution in [0.25, 0.3) is 0 Å².